The first-order valence-corrected chi connectivity index (χ1v) is 6.41. The number of hydrogen-bond acceptors (Lipinski definition) is 0. The monoisotopic (exact) mass is 204 g/mol. The molecule has 1 aromatic carbocycles. The van der Waals surface area contributed by atoms with E-state index < -0.39 is 0 Å². The van der Waals surface area contributed by atoms with E-state index in [1.165, 1.54) is 25.7 Å². The molecule has 0 nitrogen and oxygen atoms in total. The molecule has 1 aliphatic carbocycles. The second-order valence-corrected chi connectivity index (χ2v) is 4.38. The quantitative estimate of drug-likeness (QED) is 0.603. The van der Waals surface area contributed by atoms with Crippen molar-refractivity contribution in [3.63, 3.8) is 0 Å². The van der Waals surface area contributed by atoms with Gasteiger partial charge in [-0.3, -0.25) is 0 Å². The summed E-state index contributed by atoms with van der Waals surface area (Å²) in [6.07, 6.45) is 5.64. The van der Waals surface area contributed by atoms with Gasteiger partial charge in [-0.25, -0.2) is 0 Å². The zero-order valence-corrected chi connectivity index (χ0v) is 10.4. The third-order valence-electron chi connectivity index (χ3n) is 3.21. The zero-order chi connectivity index (χ0) is 11.1. The van der Waals surface area contributed by atoms with E-state index >= 15 is 0 Å². The summed E-state index contributed by atoms with van der Waals surface area (Å²) >= 11 is 0. The summed E-state index contributed by atoms with van der Waals surface area (Å²) in [5.74, 6) is 1.77. The van der Waals surface area contributed by atoms with Crippen molar-refractivity contribution >= 4 is 0 Å². The van der Waals surface area contributed by atoms with Crippen LogP contribution in [-0.4, -0.2) is 0 Å². The molecule has 0 radical (unpaired) electrons. The van der Waals surface area contributed by atoms with Crippen molar-refractivity contribution in [1.82, 2.24) is 0 Å². The topological polar surface area (TPSA) is 0 Å². The smallest absolute Gasteiger partial charge is 0.0159 e. The molecule has 1 aromatic rings. The predicted molar refractivity (Wildman–Crippen MR) is 68.2 cm³/mol. The van der Waals surface area contributed by atoms with Gasteiger partial charge in [0.2, 0.25) is 0 Å². The first kappa shape index (κ1) is 12.3. The van der Waals surface area contributed by atoms with E-state index in [9.17, 15) is 0 Å². The first-order valence-electron chi connectivity index (χ1n) is 6.41. The average Bonchev–Trinajstić information content (AvgIpc) is 2.33. The molecule has 1 fully saturated rings. The molecule has 2 rings (SSSR count). The SMILES string of the molecule is CC.CC1CCCC(c2ccccc2)C1. The Morgan fingerprint density at radius 2 is 1.67 bits per heavy atom. The molecule has 0 heterocycles. The minimum absolute atomic E-state index is 0.838. The zero-order valence-electron chi connectivity index (χ0n) is 10.4. The molecule has 2 unspecified atom stereocenters. The minimum Gasteiger partial charge on any atom is -0.0683 e. The van der Waals surface area contributed by atoms with Gasteiger partial charge in [-0.2, -0.15) is 0 Å². The predicted octanol–water partition coefficient (Wildman–Crippen LogP) is 5.01. The normalized spacial score (nSPS) is 25.3. The third kappa shape index (κ3) is 3.70. The molecular formula is C15H24. The van der Waals surface area contributed by atoms with Crippen molar-refractivity contribution in [2.75, 3.05) is 0 Å². The molecule has 0 N–H and O–H groups in total. The highest BCUT2D eigenvalue weighted by Crippen LogP contribution is 2.35. The number of benzene rings is 1. The average molecular weight is 204 g/mol. The van der Waals surface area contributed by atoms with E-state index in [0.29, 0.717) is 0 Å². The van der Waals surface area contributed by atoms with Crippen LogP contribution in [0.5, 0.6) is 0 Å². The molecule has 2 atom stereocenters. The van der Waals surface area contributed by atoms with Crippen LogP contribution in [0, 0.1) is 5.92 Å². The van der Waals surface area contributed by atoms with E-state index in [4.69, 9.17) is 0 Å². The van der Waals surface area contributed by atoms with Crippen LogP contribution in [0.15, 0.2) is 30.3 Å². The summed E-state index contributed by atoms with van der Waals surface area (Å²) in [6.45, 7) is 6.38. The Bertz CT molecular complexity index is 250. The highest BCUT2D eigenvalue weighted by atomic mass is 14.2. The van der Waals surface area contributed by atoms with Crippen LogP contribution < -0.4 is 0 Å². The molecule has 1 aliphatic rings. The van der Waals surface area contributed by atoms with Crippen molar-refractivity contribution in [3.05, 3.63) is 35.9 Å². The summed E-state index contributed by atoms with van der Waals surface area (Å²) < 4.78 is 0. The summed E-state index contributed by atoms with van der Waals surface area (Å²) in [5, 5.41) is 0. The largest absolute Gasteiger partial charge is 0.0683 e. The minimum atomic E-state index is 0.838. The van der Waals surface area contributed by atoms with Gasteiger partial charge >= 0.3 is 0 Å². The first-order chi connectivity index (χ1) is 7.36. The second-order valence-electron chi connectivity index (χ2n) is 4.38. The maximum atomic E-state index is 2.38. The van der Waals surface area contributed by atoms with Crippen LogP contribution >= 0.6 is 0 Å². The Labute approximate surface area is 94.7 Å². The summed E-state index contributed by atoms with van der Waals surface area (Å²) in [5.41, 5.74) is 1.55. The molecule has 1 saturated carbocycles. The number of rotatable bonds is 1. The molecule has 0 spiro atoms. The van der Waals surface area contributed by atoms with Gasteiger partial charge in [-0.1, -0.05) is 63.9 Å². The fourth-order valence-electron chi connectivity index (χ4n) is 2.46. The van der Waals surface area contributed by atoms with Gasteiger partial charge in [0.05, 0.1) is 0 Å². The van der Waals surface area contributed by atoms with Gasteiger partial charge in [0.15, 0.2) is 0 Å². The van der Waals surface area contributed by atoms with Crippen LogP contribution in [0.2, 0.25) is 0 Å². The molecule has 0 amide bonds. The highest BCUT2D eigenvalue weighted by Gasteiger charge is 2.19. The Kier molecular flexibility index (Phi) is 5.45. The Morgan fingerprint density at radius 1 is 1.00 bits per heavy atom. The van der Waals surface area contributed by atoms with Crippen molar-refractivity contribution in [2.24, 2.45) is 5.92 Å². The van der Waals surface area contributed by atoms with Crippen LogP contribution in [0.4, 0.5) is 0 Å². The second kappa shape index (κ2) is 6.66. The van der Waals surface area contributed by atoms with Gasteiger partial charge in [-0.05, 0) is 30.2 Å². The van der Waals surface area contributed by atoms with Crippen LogP contribution in [0.3, 0.4) is 0 Å². The fraction of sp³-hybridized carbons (Fsp3) is 0.600. The van der Waals surface area contributed by atoms with Gasteiger partial charge in [-0.15, -0.1) is 0 Å². The molecule has 0 saturated heterocycles. The number of hydrogen-bond donors (Lipinski definition) is 0. The van der Waals surface area contributed by atoms with Crippen molar-refractivity contribution in [2.45, 2.75) is 52.4 Å². The maximum absolute atomic E-state index is 2.38. The Hall–Kier alpha value is -0.780. The molecule has 0 aliphatic heterocycles. The van der Waals surface area contributed by atoms with Gasteiger partial charge in [0.25, 0.3) is 0 Å². The Morgan fingerprint density at radius 3 is 2.27 bits per heavy atom. The van der Waals surface area contributed by atoms with Gasteiger partial charge in [0.1, 0.15) is 0 Å². The lowest BCUT2D eigenvalue weighted by Crippen LogP contribution is -2.11. The van der Waals surface area contributed by atoms with Crippen LogP contribution in [-0.2, 0) is 0 Å². The molecule has 0 aromatic heterocycles. The third-order valence-corrected chi connectivity index (χ3v) is 3.21. The van der Waals surface area contributed by atoms with E-state index in [-0.39, 0.29) is 0 Å². The van der Waals surface area contributed by atoms with Crippen molar-refractivity contribution in [3.8, 4) is 0 Å². The van der Waals surface area contributed by atoms with Gasteiger partial charge < -0.3 is 0 Å². The lowest BCUT2D eigenvalue weighted by atomic mass is 9.79. The van der Waals surface area contributed by atoms with E-state index in [1.807, 2.05) is 13.8 Å². The van der Waals surface area contributed by atoms with E-state index in [0.717, 1.165) is 11.8 Å². The van der Waals surface area contributed by atoms with Crippen molar-refractivity contribution < 1.29 is 0 Å². The van der Waals surface area contributed by atoms with E-state index in [2.05, 4.69) is 37.3 Å². The van der Waals surface area contributed by atoms with Crippen LogP contribution in [0.25, 0.3) is 0 Å². The molecule has 84 valence electrons. The van der Waals surface area contributed by atoms with Crippen molar-refractivity contribution in [1.29, 1.82) is 0 Å². The molecule has 0 bridgehead atoms. The van der Waals surface area contributed by atoms with Gasteiger partial charge in [0, 0.05) is 0 Å². The summed E-state index contributed by atoms with van der Waals surface area (Å²) in [4.78, 5) is 0. The molecule has 0 heteroatoms. The highest BCUT2D eigenvalue weighted by molar-refractivity contribution is 5.19. The standard InChI is InChI=1S/C13H18.C2H6/c1-11-6-5-9-13(10-11)12-7-3-2-4-8-12;1-2/h2-4,7-8,11,13H,5-6,9-10H2,1H3;1-2H3. The summed E-state index contributed by atoms with van der Waals surface area (Å²) in [7, 11) is 0. The maximum Gasteiger partial charge on any atom is -0.0159 e. The molecular weight excluding hydrogens is 180 g/mol. The fourth-order valence-corrected chi connectivity index (χ4v) is 2.46. The molecule has 15 heavy (non-hydrogen) atoms. The summed E-state index contributed by atoms with van der Waals surface area (Å²) in [6, 6.07) is 11.0. The van der Waals surface area contributed by atoms with Crippen LogP contribution in [0.1, 0.15) is 57.9 Å². The lowest BCUT2D eigenvalue weighted by molar-refractivity contribution is 0.344. The van der Waals surface area contributed by atoms with E-state index in [1.54, 1.807) is 5.56 Å². The Balaban J connectivity index is 0.000000531. The lowest BCUT2D eigenvalue weighted by Gasteiger charge is -2.26.